The van der Waals surface area contributed by atoms with Gasteiger partial charge < -0.3 is 9.67 Å². The molecule has 0 amide bonds. The summed E-state index contributed by atoms with van der Waals surface area (Å²) in [7, 11) is 0. The highest BCUT2D eigenvalue weighted by molar-refractivity contribution is 5.47. The molecule has 0 aliphatic rings. The van der Waals surface area contributed by atoms with E-state index in [0.29, 0.717) is 0 Å². The van der Waals surface area contributed by atoms with Crippen molar-refractivity contribution in [1.82, 2.24) is 9.55 Å². The van der Waals surface area contributed by atoms with E-state index >= 15 is 0 Å². The lowest BCUT2D eigenvalue weighted by Crippen LogP contribution is -1.95. The minimum absolute atomic E-state index is 0.106. The number of aromatic nitrogens is 2. The van der Waals surface area contributed by atoms with Gasteiger partial charge in [-0.25, -0.2) is 4.98 Å². The number of aliphatic hydroxyl groups excluding tert-OH is 1. The van der Waals surface area contributed by atoms with Crippen LogP contribution in [0.3, 0.4) is 0 Å². The smallest absolute Gasteiger partial charge is 0.0950 e. The van der Waals surface area contributed by atoms with Gasteiger partial charge in [0.2, 0.25) is 0 Å². The van der Waals surface area contributed by atoms with Crippen LogP contribution in [-0.2, 0) is 6.54 Å². The summed E-state index contributed by atoms with van der Waals surface area (Å²) in [6.45, 7) is 4.97. The second kappa shape index (κ2) is 4.07. The average Bonchev–Trinajstić information content (AvgIpc) is 2.51. The van der Waals surface area contributed by atoms with Crippen LogP contribution in [0.4, 0.5) is 0 Å². The molecule has 0 saturated heterocycles. The van der Waals surface area contributed by atoms with Gasteiger partial charge in [-0.1, -0.05) is 0 Å². The summed E-state index contributed by atoms with van der Waals surface area (Å²) in [5.74, 6) is 0. The van der Waals surface area contributed by atoms with E-state index < -0.39 is 0 Å². The van der Waals surface area contributed by atoms with Crippen LogP contribution in [-0.4, -0.2) is 21.3 Å². The van der Waals surface area contributed by atoms with Gasteiger partial charge in [-0.2, -0.15) is 0 Å². The molecule has 0 aliphatic carbocycles. The van der Waals surface area contributed by atoms with Crippen molar-refractivity contribution in [2.75, 3.05) is 6.61 Å². The Morgan fingerprint density at radius 2 is 2.50 bits per heavy atom. The topological polar surface area (TPSA) is 38.0 Å². The Hall–Kier alpha value is -1.09. The maximum Gasteiger partial charge on any atom is 0.0950 e. The summed E-state index contributed by atoms with van der Waals surface area (Å²) in [6, 6.07) is 0. The molecule has 0 radical (unpaired) electrons. The third-order valence-corrected chi connectivity index (χ3v) is 1.73. The predicted octanol–water partition coefficient (Wildman–Crippen LogP) is 1.30. The second-order valence-electron chi connectivity index (χ2n) is 2.75. The molecule has 0 spiro atoms. The van der Waals surface area contributed by atoms with Crippen molar-refractivity contribution in [1.29, 1.82) is 0 Å². The Morgan fingerprint density at radius 1 is 1.75 bits per heavy atom. The molecule has 0 atom stereocenters. The second-order valence-corrected chi connectivity index (χ2v) is 2.75. The van der Waals surface area contributed by atoms with E-state index in [9.17, 15) is 0 Å². The zero-order valence-corrected chi connectivity index (χ0v) is 7.49. The maximum atomic E-state index is 8.80. The van der Waals surface area contributed by atoms with E-state index in [0.717, 1.165) is 17.8 Å². The number of imidazole rings is 1. The van der Waals surface area contributed by atoms with Gasteiger partial charge in [0.25, 0.3) is 0 Å². The lowest BCUT2D eigenvalue weighted by molar-refractivity contribution is 0.332. The molecule has 0 bridgehead atoms. The summed E-state index contributed by atoms with van der Waals surface area (Å²) in [5.41, 5.74) is 1.99. The fraction of sp³-hybridized carbons (Fsp3) is 0.444. The van der Waals surface area contributed by atoms with Crippen LogP contribution in [0.15, 0.2) is 18.1 Å². The summed E-state index contributed by atoms with van der Waals surface area (Å²) < 4.78 is 2.03. The van der Waals surface area contributed by atoms with Gasteiger partial charge in [-0.3, -0.25) is 0 Å². The SMILES string of the molecule is CCn1cncc1/C=C(/C)CO. The molecule has 1 rings (SSSR count). The van der Waals surface area contributed by atoms with E-state index in [1.54, 1.807) is 12.5 Å². The van der Waals surface area contributed by atoms with Gasteiger partial charge in [-0.15, -0.1) is 0 Å². The standard InChI is InChI=1S/C9H14N2O/c1-3-11-7-10-5-9(11)4-8(2)6-12/h4-5,7,12H,3,6H2,1-2H3/b8-4-. The molecule has 3 nitrogen and oxygen atoms in total. The molecule has 66 valence electrons. The molecule has 1 aromatic heterocycles. The largest absolute Gasteiger partial charge is 0.392 e. The molecular formula is C9H14N2O. The van der Waals surface area contributed by atoms with Crippen molar-refractivity contribution >= 4 is 6.08 Å². The highest BCUT2D eigenvalue weighted by Gasteiger charge is 1.96. The maximum absolute atomic E-state index is 8.80. The van der Waals surface area contributed by atoms with Gasteiger partial charge in [0.05, 0.1) is 24.8 Å². The van der Waals surface area contributed by atoms with Gasteiger partial charge >= 0.3 is 0 Å². The van der Waals surface area contributed by atoms with Crippen LogP contribution in [0, 0.1) is 0 Å². The quantitative estimate of drug-likeness (QED) is 0.735. The number of aliphatic hydroxyl groups is 1. The summed E-state index contributed by atoms with van der Waals surface area (Å²) in [5, 5.41) is 8.80. The Balaban J connectivity index is 2.87. The van der Waals surface area contributed by atoms with E-state index in [1.807, 2.05) is 17.6 Å². The molecule has 0 unspecified atom stereocenters. The summed E-state index contributed by atoms with van der Waals surface area (Å²) in [4.78, 5) is 4.02. The van der Waals surface area contributed by atoms with E-state index in [2.05, 4.69) is 11.9 Å². The number of aryl methyl sites for hydroxylation is 1. The first-order chi connectivity index (χ1) is 5.77. The van der Waals surface area contributed by atoms with E-state index in [1.165, 1.54) is 0 Å². The monoisotopic (exact) mass is 166 g/mol. The number of hydrogen-bond donors (Lipinski definition) is 1. The molecule has 0 fully saturated rings. The molecule has 1 heterocycles. The lowest BCUT2D eigenvalue weighted by Gasteiger charge is -2.00. The predicted molar refractivity (Wildman–Crippen MR) is 48.6 cm³/mol. The van der Waals surface area contributed by atoms with Crippen molar-refractivity contribution < 1.29 is 5.11 Å². The molecular weight excluding hydrogens is 152 g/mol. The third-order valence-electron chi connectivity index (χ3n) is 1.73. The number of hydrogen-bond acceptors (Lipinski definition) is 2. The van der Waals surface area contributed by atoms with E-state index in [4.69, 9.17) is 5.11 Å². The van der Waals surface area contributed by atoms with Crippen molar-refractivity contribution in [2.45, 2.75) is 20.4 Å². The zero-order chi connectivity index (χ0) is 8.97. The van der Waals surface area contributed by atoms with Crippen LogP contribution >= 0.6 is 0 Å². The van der Waals surface area contributed by atoms with Crippen LogP contribution in [0.5, 0.6) is 0 Å². The van der Waals surface area contributed by atoms with Crippen molar-refractivity contribution in [3.63, 3.8) is 0 Å². The average molecular weight is 166 g/mol. The lowest BCUT2D eigenvalue weighted by atomic mass is 10.2. The van der Waals surface area contributed by atoms with Crippen LogP contribution in [0.25, 0.3) is 6.08 Å². The Bertz CT molecular complexity index is 276. The molecule has 1 aromatic rings. The molecule has 1 N–H and O–H groups in total. The van der Waals surface area contributed by atoms with E-state index in [-0.39, 0.29) is 6.61 Å². The minimum atomic E-state index is 0.106. The zero-order valence-electron chi connectivity index (χ0n) is 7.49. The molecule has 12 heavy (non-hydrogen) atoms. The summed E-state index contributed by atoms with van der Waals surface area (Å²) in [6.07, 6.45) is 5.52. The van der Waals surface area contributed by atoms with Gasteiger partial charge in [0.1, 0.15) is 0 Å². The van der Waals surface area contributed by atoms with Crippen LogP contribution in [0.1, 0.15) is 19.5 Å². The fourth-order valence-electron chi connectivity index (χ4n) is 1.01. The molecule has 0 aliphatic heterocycles. The first-order valence-electron chi connectivity index (χ1n) is 4.06. The van der Waals surface area contributed by atoms with Gasteiger partial charge in [0, 0.05) is 6.54 Å². The number of nitrogens with zero attached hydrogens (tertiary/aromatic N) is 2. The normalized spacial score (nSPS) is 12.1. The Kier molecular flexibility index (Phi) is 3.05. The Labute approximate surface area is 72.4 Å². The van der Waals surface area contributed by atoms with Crippen molar-refractivity contribution in [3.8, 4) is 0 Å². The highest BCUT2D eigenvalue weighted by Crippen LogP contribution is 2.05. The van der Waals surface area contributed by atoms with Crippen LogP contribution in [0.2, 0.25) is 0 Å². The van der Waals surface area contributed by atoms with Crippen molar-refractivity contribution in [2.24, 2.45) is 0 Å². The molecule has 3 heteroatoms. The Morgan fingerprint density at radius 3 is 3.08 bits per heavy atom. The summed E-state index contributed by atoms with van der Waals surface area (Å²) >= 11 is 0. The molecule has 0 saturated carbocycles. The van der Waals surface area contributed by atoms with Gasteiger partial charge in [0.15, 0.2) is 0 Å². The third kappa shape index (κ3) is 1.95. The first kappa shape index (κ1) is 9.00. The minimum Gasteiger partial charge on any atom is -0.392 e. The highest BCUT2D eigenvalue weighted by atomic mass is 16.3. The molecule has 0 aromatic carbocycles. The van der Waals surface area contributed by atoms with Gasteiger partial charge in [-0.05, 0) is 25.5 Å². The van der Waals surface area contributed by atoms with Crippen LogP contribution < -0.4 is 0 Å². The van der Waals surface area contributed by atoms with Crippen molar-refractivity contribution in [3.05, 3.63) is 23.8 Å². The first-order valence-corrected chi connectivity index (χ1v) is 4.06. The number of rotatable bonds is 3. The fourth-order valence-corrected chi connectivity index (χ4v) is 1.01.